The Morgan fingerprint density at radius 3 is 2.40 bits per heavy atom. The fraction of sp³-hybridized carbons (Fsp3) is 0.240. The number of sulfonamides is 1. The molecule has 3 aromatic rings. The van der Waals surface area contributed by atoms with Gasteiger partial charge in [0, 0.05) is 10.0 Å². The Labute approximate surface area is 215 Å². The molecule has 35 heavy (non-hydrogen) atoms. The Morgan fingerprint density at radius 1 is 1.00 bits per heavy atom. The number of benzene rings is 3. The highest BCUT2D eigenvalue weighted by Gasteiger charge is 2.29. The maximum atomic E-state index is 13.5. The van der Waals surface area contributed by atoms with Crippen LogP contribution in [0.3, 0.4) is 0 Å². The number of ether oxygens (including phenoxy) is 2. The molecule has 0 atom stereocenters. The lowest BCUT2D eigenvalue weighted by atomic mass is 10.2. The molecule has 0 saturated heterocycles. The number of aryl methyl sites for hydroxylation is 1. The van der Waals surface area contributed by atoms with Crippen molar-refractivity contribution in [1.82, 2.24) is 5.32 Å². The number of amides is 1. The highest BCUT2D eigenvalue weighted by Crippen LogP contribution is 2.32. The van der Waals surface area contributed by atoms with E-state index >= 15 is 0 Å². The maximum absolute atomic E-state index is 13.5. The van der Waals surface area contributed by atoms with Gasteiger partial charge < -0.3 is 14.8 Å². The topological polar surface area (TPSA) is 84.9 Å². The number of nitrogens with one attached hydrogen (secondary N) is 1. The van der Waals surface area contributed by atoms with Crippen molar-refractivity contribution in [2.75, 3.05) is 30.6 Å². The smallest absolute Gasteiger partial charge is 0.264 e. The van der Waals surface area contributed by atoms with Crippen LogP contribution in [-0.4, -0.2) is 40.6 Å². The van der Waals surface area contributed by atoms with Crippen molar-refractivity contribution in [3.63, 3.8) is 0 Å². The van der Waals surface area contributed by atoms with Crippen LogP contribution in [0, 0.1) is 6.92 Å². The quantitative estimate of drug-likeness (QED) is 0.345. The Bertz CT molecular complexity index is 1270. The van der Waals surface area contributed by atoms with Gasteiger partial charge in [-0.25, -0.2) is 8.42 Å². The van der Waals surface area contributed by atoms with Crippen molar-refractivity contribution in [2.45, 2.75) is 18.7 Å². The second kappa shape index (κ2) is 12.2. The van der Waals surface area contributed by atoms with Crippen LogP contribution in [0.5, 0.6) is 11.5 Å². The third-order valence-electron chi connectivity index (χ3n) is 4.96. The van der Waals surface area contributed by atoms with Crippen LogP contribution in [0.1, 0.15) is 12.5 Å². The first-order valence-electron chi connectivity index (χ1n) is 10.9. The third kappa shape index (κ3) is 7.04. The van der Waals surface area contributed by atoms with Gasteiger partial charge >= 0.3 is 0 Å². The molecule has 0 aliphatic rings. The van der Waals surface area contributed by atoms with Gasteiger partial charge in [-0.2, -0.15) is 0 Å². The number of rotatable bonds is 11. The predicted molar refractivity (Wildman–Crippen MR) is 138 cm³/mol. The molecule has 1 N–H and O–H groups in total. The second-order valence-electron chi connectivity index (χ2n) is 7.48. The molecule has 0 unspecified atom stereocenters. The minimum atomic E-state index is -4.10. The average Bonchev–Trinajstić information content (AvgIpc) is 2.83. The first-order valence-corrected chi connectivity index (χ1v) is 13.1. The summed E-state index contributed by atoms with van der Waals surface area (Å²) in [5.74, 6) is 0.423. The Hall–Kier alpha value is -2.94. The SMILES string of the molecule is CCOc1ccccc1N(CC(=O)NCCOc1ccc(C)c(Cl)c1)S(=O)(=O)c1ccc(Cl)cc1. The number of carbonyl (C=O) groups is 1. The average molecular weight is 537 g/mol. The van der Waals surface area contributed by atoms with Crippen molar-refractivity contribution in [2.24, 2.45) is 0 Å². The largest absolute Gasteiger partial charge is 0.492 e. The first kappa shape index (κ1) is 26.7. The zero-order chi connectivity index (χ0) is 25.4. The van der Waals surface area contributed by atoms with Gasteiger partial charge in [-0.1, -0.05) is 41.4 Å². The van der Waals surface area contributed by atoms with E-state index in [4.69, 9.17) is 32.7 Å². The van der Waals surface area contributed by atoms with Crippen LogP contribution in [-0.2, 0) is 14.8 Å². The minimum Gasteiger partial charge on any atom is -0.492 e. The lowest BCUT2D eigenvalue weighted by Crippen LogP contribution is -2.42. The molecular weight excluding hydrogens is 511 g/mol. The van der Waals surface area contributed by atoms with Crippen LogP contribution in [0.25, 0.3) is 0 Å². The monoisotopic (exact) mass is 536 g/mol. The van der Waals surface area contributed by atoms with Gasteiger partial charge in [-0.15, -0.1) is 0 Å². The first-order chi connectivity index (χ1) is 16.7. The fourth-order valence-electron chi connectivity index (χ4n) is 3.18. The summed E-state index contributed by atoms with van der Waals surface area (Å²) >= 11 is 12.0. The number of hydrogen-bond donors (Lipinski definition) is 1. The van der Waals surface area contributed by atoms with Crippen molar-refractivity contribution >= 4 is 44.8 Å². The van der Waals surface area contributed by atoms with Gasteiger partial charge in [0.05, 0.1) is 23.7 Å². The van der Waals surface area contributed by atoms with Gasteiger partial charge in [-0.3, -0.25) is 9.10 Å². The predicted octanol–water partition coefficient (Wildman–Crippen LogP) is 5.09. The standard InChI is InChI=1S/C25H26Cl2N2O5S/c1-3-33-24-7-5-4-6-23(24)29(35(31,32)21-12-9-19(26)10-13-21)17-25(30)28-14-15-34-20-11-8-18(2)22(27)16-20/h4-13,16H,3,14-15,17H2,1-2H3,(H,28,30). The summed E-state index contributed by atoms with van der Waals surface area (Å²) in [5.41, 5.74) is 1.19. The summed E-state index contributed by atoms with van der Waals surface area (Å²) in [6.45, 7) is 3.92. The summed E-state index contributed by atoms with van der Waals surface area (Å²) in [5, 5.41) is 3.68. The van der Waals surface area contributed by atoms with Crippen LogP contribution in [0.4, 0.5) is 5.69 Å². The molecule has 3 aromatic carbocycles. The molecule has 7 nitrogen and oxygen atoms in total. The Balaban J connectivity index is 1.76. The Morgan fingerprint density at radius 2 is 1.71 bits per heavy atom. The number of carbonyl (C=O) groups excluding carboxylic acids is 1. The molecule has 0 aromatic heterocycles. The highest BCUT2D eigenvalue weighted by atomic mass is 35.5. The maximum Gasteiger partial charge on any atom is 0.264 e. The molecule has 0 heterocycles. The normalized spacial score (nSPS) is 11.1. The molecule has 0 aliphatic heterocycles. The lowest BCUT2D eigenvalue weighted by molar-refractivity contribution is -0.119. The van der Waals surface area contributed by atoms with Crippen molar-refractivity contribution in [3.8, 4) is 11.5 Å². The van der Waals surface area contributed by atoms with Gasteiger partial charge in [0.15, 0.2) is 0 Å². The number of para-hydroxylation sites is 2. The van der Waals surface area contributed by atoms with Crippen LogP contribution < -0.4 is 19.1 Å². The van der Waals surface area contributed by atoms with Crippen molar-refractivity contribution < 1.29 is 22.7 Å². The van der Waals surface area contributed by atoms with Gasteiger partial charge in [0.25, 0.3) is 10.0 Å². The van der Waals surface area contributed by atoms with E-state index < -0.39 is 22.5 Å². The minimum absolute atomic E-state index is 0.000541. The number of anilines is 1. The molecule has 0 spiro atoms. The molecule has 0 aliphatic carbocycles. The van der Waals surface area contributed by atoms with Gasteiger partial charge in [0.2, 0.25) is 5.91 Å². The Kier molecular flexibility index (Phi) is 9.26. The summed E-state index contributed by atoms with van der Waals surface area (Å²) in [6, 6.07) is 17.7. The highest BCUT2D eigenvalue weighted by molar-refractivity contribution is 7.92. The van der Waals surface area contributed by atoms with Crippen LogP contribution in [0.15, 0.2) is 71.6 Å². The van der Waals surface area contributed by atoms with Gasteiger partial charge in [0.1, 0.15) is 24.7 Å². The second-order valence-corrected chi connectivity index (χ2v) is 10.2. The third-order valence-corrected chi connectivity index (χ3v) is 7.39. The summed E-state index contributed by atoms with van der Waals surface area (Å²) < 4.78 is 39.3. The zero-order valence-corrected chi connectivity index (χ0v) is 21.7. The molecule has 1 amide bonds. The fourth-order valence-corrected chi connectivity index (χ4v) is 4.91. The number of hydrogen-bond acceptors (Lipinski definition) is 5. The van der Waals surface area contributed by atoms with Crippen molar-refractivity contribution in [3.05, 3.63) is 82.3 Å². The molecule has 0 saturated carbocycles. The van der Waals surface area contributed by atoms with E-state index in [1.54, 1.807) is 43.3 Å². The van der Waals surface area contributed by atoms with Crippen LogP contribution >= 0.6 is 23.2 Å². The molecule has 3 rings (SSSR count). The molecule has 10 heteroatoms. The van der Waals surface area contributed by atoms with E-state index in [9.17, 15) is 13.2 Å². The summed E-state index contributed by atoms with van der Waals surface area (Å²) in [6.07, 6.45) is 0. The van der Waals surface area contributed by atoms with E-state index in [0.717, 1.165) is 9.87 Å². The number of halogens is 2. The molecule has 186 valence electrons. The lowest BCUT2D eigenvalue weighted by Gasteiger charge is -2.26. The van der Waals surface area contributed by atoms with Gasteiger partial charge in [-0.05, 0) is 67.9 Å². The van der Waals surface area contributed by atoms with Crippen LogP contribution in [0.2, 0.25) is 10.0 Å². The van der Waals surface area contributed by atoms with E-state index in [1.807, 2.05) is 13.0 Å². The number of nitrogens with zero attached hydrogens (tertiary/aromatic N) is 1. The summed E-state index contributed by atoms with van der Waals surface area (Å²) in [4.78, 5) is 12.8. The van der Waals surface area contributed by atoms with E-state index in [-0.39, 0.29) is 23.7 Å². The molecule has 0 bridgehead atoms. The van der Waals surface area contributed by atoms with E-state index in [1.165, 1.54) is 24.3 Å². The molecule has 0 radical (unpaired) electrons. The van der Waals surface area contributed by atoms with E-state index in [2.05, 4.69) is 5.32 Å². The van der Waals surface area contributed by atoms with Crippen molar-refractivity contribution in [1.29, 1.82) is 0 Å². The molecule has 0 fully saturated rings. The van der Waals surface area contributed by atoms with E-state index in [0.29, 0.717) is 28.2 Å². The summed E-state index contributed by atoms with van der Waals surface area (Å²) in [7, 11) is -4.10. The molecular formula is C25H26Cl2N2O5S. The zero-order valence-electron chi connectivity index (χ0n) is 19.3.